The molecular weight excluding hydrogens is 343 g/mol. The summed E-state index contributed by atoms with van der Waals surface area (Å²) in [4.78, 5) is 8.18. The lowest BCUT2D eigenvalue weighted by atomic mass is 10.2. The van der Waals surface area contributed by atoms with Gasteiger partial charge >= 0.3 is 0 Å². The fourth-order valence-corrected chi connectivity index (χ4v) is 2.34. The van der Waals surface area contributed by atoms with Crippen LogP contribution in [0, 0.1) is 4.77 Å². The SMILES string of the molecule is S=c1[nH]nc(-c2cnccn2)n1/N=C/c1ccc(Cl)cc1Cl. The number of aromatic amines is 1. The van der Waals surface area contributed by atoms with Gasteiger partial charge in [0, 0.05) is 23.0 Å². The quantitative estimate of drug-likeness (QED) is 0.578. The van der Waals surface area contributed by atoms with Gasteiger partial charge < -0.3 is 0 Å². The van der Waals surface area contributed by atoms with Gasteiger partial charge in [0.15, 0.2) is 0 Å². The molecule has 0 fully saturated rings. The molecule has 0 aliphatic carbocycles. The molecule has 9 heteroatoms. The Kier molecular flexibility index (Phi) is 4.28. The number of H-pyrrole nitrogens is 1. The van der Waals surface area contributed by atoms with Crippen molar-refractivity contribution in [3.63, 3.8) is 0 Å². The highest BCUT2D eigenvalue weighted by Gasteiger charge is 2.09. The molecule has 0 aliphatic rings. The van der Waals surface area contributed by atoms with Crippen molar-refractivity contribution in [2.24, 2.45) is 5.10 Å². The van der Waals surface area contributed by atoms with E-state index in [0.29, 0.717) is 31.9 Å². The second-order valence-electron chi connectivity index (χ2n) is 4.17. The molecular formula is C13H8Cl2N6S. The highest BCUT2D eigenvalue weighted by atomic mass is 35.5. The molecule has 0 spiro atoms. The molecule has 1 aromatic carbocycles. The van der Waals surface area contributed by atoms with E-state index in [4.69, 9.17) is 35.4 Å². The maximum atomic E-state index is 6.11. The van der Waals surface area contributed by atoms with Crippen molar-refractivity contribution in [3.8, 4) is 11.5 Å². The van der Waals surface area contributed by atoms with Crippen molar-refractivity contribution in [3.05, 3.63) is 57.2 Å². The van der Waals surface area contributed by atoms with Crippen LogP contribution in [0.4, 0.5) is 0 Å². The number of aromatic nitrogens is 5. The highest BCUT2D eigenvalue weighted by molar-refractivity contribution is 7.71. The van der Waals surface area contributed by atoms with Crippen LogP contribution >= 0.6 is 35.4 Å². The summed E-state index contributed by atoms with van der Waals surface area (Å²) < 4.78 is 1.78. The molecule has 0 saturated carbocycles. The summed E-state index contributed by atoms with van der Waals surface area (Å²) >= 11 is 17.1. The zero-order valence-corrected chi connectivity index (χ0v) is 13.3. The van der Waals surface area contributed by atoms with Crippen LogP contribution in [0.15, 0.2) is 41.9 Å². The lowest BCUT2D eigenvalue weighted by Crippen LogP contribution is -1.97. The molecule has 6 nitrogen and oxygen atoms in total. The van der Waals surface area contributed by atoms with Gasteiger partial charge in [-0.1, -0.05) is 29.3 Å². The van der Waals surface area contributed by atoms with Gasteiger partial charge in [-0.05, 0) is 24.4 Å². The first kappa shape index (κ1) is 14.8. The number of nitrogens with zero attached hydrogens (tertiary/aromatic N) is 5. The lowest BCUT2D eigenvalue weighted by Gasteiger charge is -2.01. The maximum Gasteiger partial charge on any atom is 0.216 e. The highest BCUT2D eigenvalue weighted by Crippen LogP contribution is 2.20. The molecule has 2 heterocycles. The van der Waals surface area contributed by atoms with E-state index in [1.165, 1.54) is 4.68 Å². The van der Waals surface area contributed by atoms with Gasteiger partial charge in [0.25, 0.3) is 0 Å². The summed E-state index contributed by atoms with van der Waals surface area (Å²) in [6.45, 7) is 0. The lowest BCUT2D eigenvalue weighted by molar-refractivity contribution is 0.866. The summed E-state index contributed by atoms with van der Waals surface area (Å²) in [6.07, 6.45) is 6.29. The molecule has 0 unspecified atom stereocenters. The van der Waals surface area contributed by atoms with Crippen LogP contribution in [-0.4, -0.2) is 31.1 Å². The monoisotopic (exact) mass is 350 g/mol. The van der Waals surface area contributed by atoms with E-state index in [2.05, 4.69) is 25.3 Å². The Morgan fingerprint density at radius 2 is 2.14 bits per heavy atom. The van der Waals surface area contributed by atoms with Gasteiger partial charge in [0.2, 0.25) is 10.6 Å². The van der Waals surface area contributed by atoms with Crippen LogP contribution in [-0.2, 0) is 0 Å². The topological polar surface area (TPSA) is 71.8 Å². The van der Waals surface area contributed by atoms with Crippen LogP contribution in [0.2, 0.25) is 10.0 Å². The Labute approximate surface area is 140 Å². The van der Waals surface area contributed by atoms with Gasteiger partial charge in [0.05, 0.1) is 17.4 Å². The van der Waals surface area contributed by atoms with E-state index < -0.39 is 0 Å². The standard InChI is InChI=1S/C13H8Cl2N6S/c14-9-2-1-8(10(15)5-9)6-18-21-12(19-20-13(21)22)11-7-16-3-4-17-11/h1-7H,(H,20,22)/b18-6+. The first-order valence-corrected chi connectivity index (χ1v) is 7.25. The summed E-state index contributed by atoms with van der Waals surface area (Å²) in [5, 5.41) is 12.1. The molecule has 3 rings (SSSR count). The molecule has 1 N–H and O–H groups in total. The first-order chi connectivity index (χ1) is 10.6. The minimum Gasteiger partial charge on any atom is -0.261 e. The van der Waals surface area contributed by atoms with Crippen molar-refractivity contribution in [1.29, 1.82) is 0 Å². The first-order valence-electron chi connectivity index (χ1n) is 6.08. The minimum absolute atomic E-state index is 0.335. The molecule has 0 bridgehead atoms. The Hall–Kier alpha value is -2.09. The Balaban J connectivity index is 2.01. The molecule has 2 aromatic heterocycles. The van der Waals surface area contributed by atoms with E-state index in [1.807, 2.05) is 0 Å². The van der Waals surface area contributed by atoms with Gasteiger partial charge in [-0.2, -0.15) is 14.9 Å². The van der Waals surface area contributed by atoms with E-state index in [1.54, 1.807) is 43.0 Å². The predicted octanol–water partition coefficient (Wildman–Crippen LogP) is 3.59. The molecule has 0 atom stereocenters. The van der Waals surface area contributed by atoms with Crippen LogP contribution in [0.3, 0.4) is 0 Å². The Bertz CT molecular complexity index is 887. The van der Waals surface area contributed by atoms with Crippen LogP contribution in [0.1, 0.15) is 5.56 Å². The number of halogens is 2. The van der Waals surface area contributed by atoms with Gasteiger partial charge in [0.1, 0.15) is 5.69 Å². The number of hydrogen-bond acceptors (Lipinski definition) is 5. The maximum absolute atomic E-state index is 6.11. The Morgan fingerprint density at radius 1 is 1.27 bits per heavy atom. The third kappa shape index (κ3) is 3.06. The zero-order chi connectivity index (χ0) is 15.5. The number of rotatable bonds is 3. The second-order valence-corrected chi connectivity index (χ2v) is 5.40. The molecule has 22 heavy (non-hydrogen) atoms. The Morgan fingerprint density at radius 3 is 2.86 bits per heavy atom. The van der Waals surface area contributed by atoms with Gasteiger partial charge in [-0.15, -0.1) is 0 Å². The van der Waals surface area contributed by atoms with Crippen molar-refractivity contribution >= 4 is 41.6 Å². The van der Waals surface area contributed by atoms with Crippen LogP contribution < -0.4 is 0 Å². The fraction of sp³-hybridized carbons (Fsp3) is 0. The summed E-state index contributed by atoms with van der Waals surface area (Å²) in [7, 11) is 0. The average molecular weight is 351 g/mol. The largest absolute Gasteiger partial charge is 0.261 e. The third-order valence-corrected chi connectivity index (χ3v) is 3.54. The zero-order valence-electron chi connectivity index (χ0n) is 10.9. The van der Waals surface area contributed by atoms with Gasteiger partial charge in [-0.25, -0.2) is 10.1 Å². The van der Waals surface area contributed by atoms with Crippen LogP contribution in [0.25, 0.3) is 11.5 Å². The number of nitrogens with one attached hydrogen (secondary N) is 1. The van der Waals surface area contributed by atoms with Crippen molar-refractivity contribution < 1.29 is 0 Å². The molecule has 110 valence electrons. The van der Waals surface area contributed by atoms with E-state index >= 15 is 0 Å². The fourth-order valence-electron chi connectivity index (χ4n) is 1.71. The molecule has 0 amide bonds. The number of hydrogen-bond donors (Lipinski definition) is 1. The average Bonchev–Trinajstić information content (AvgIpc) is 2.88. The van der Waals surface area contributed by atoms with E-state index in [9.17, 15) is 0 Å². The third-order valence-electron chi connectivity index (χ3n) is 2.72. The van der Waals surface area contributed by atoms with E-state index in [-0.39, 0.29) is 0 Å². The van der Waals surface area contributed by atoms with Gasteiger partial charge in [-0.3, -0.25) is 4.98 Å². The molecule has 0 aliphatic heterocycles. The predicted molar refractivity (Wildman–Crippen MR) is 87.9 cm³/mol. The van der Waals surface area contributed by atoms with Crippen LogP contribution in [0.5, 0.6) is 0 Å². The summed E-state index contributed by atoms with van der Waals surface area (Å²) in [5.74, 6) is 0.458. The van der Waals surface area contributed by atoms with E-state index in [0.717, 1.165) is 0 Å². The van der Waals surface area contributed by atoms with Crippen molar-refractivity contribution in [1.82, 2.24) is 24.8 Å². The minimum atomic E-state index is 0.335. The molecule has 0 radical (unpaired) electrons. The normalized spacial score (nSPS) is 11.2. The van der Waals surface area contributed by atoms with Crippen molar-refractivity contribution in [2.75, 3.05) is 0 Å². The number of benzene rings is 1. The molecule has 3 aromatic rings. The van der Waals surface area contributed by atoms with Crippen molar-refractivity contribution in [2.45, 2.75) is 0 Å². The summed E-state index contributed by atoms with van der Waals surface area (Å²) in [5.41, 5.74) is 1.26. The second kappa shape index (κ2) is 6.35. The molecule has 0 saturated heterocycles. The smallest absolute Gasteiger partial charge is 0.216 e. The summed E-state index contributed by atoms with van der Waals surface area (Å²) in [6, 6.07) is 5.13.